The molecule has 31 heavy (non-hydrogen) atoms. The molecule has 7 heteroatoms. The minimum atomic E-state index is -1.21. The first-order valence-electron chi connectivity index (χ1n) is 9.95. The molecule has 3 rings (SSSR count). The lowest BCUT2D eigenvalue weighted by atomic mass is 9.86. The highest BCUT2D eigenvalue weighted by atomic mass is 19.1. The highest BCUT2D eigenvalue weighted by molar-refractivity contribution is 6.44. The molecule has 2 aromatic carbocycles. The number of benzene rings is 2. The number of ether oxygens (including phenoxy) is 2. The van der Waals surface area contributed by atoms with E-state index >= 15 is 0 Å². The number of hydrogen-bond donors (Lipinski definition) is 0. The summed E-state index contributed by atoms with van der Waals surface area (Å²) in [6.07, 6.45) is 2.11. The third-order valence-electron chi connectivity index (χ3n) is 5.15. The zero-order valence-electron chi connectivity index (χ0n) is 17.3. The molecule has 0 N–H and O–H groups in total. The smallest absolute Gasteiger partial charge is 0.291 e. The lowest BCUT2D eigenvalue weighted by Gasteiger charge is -2.27. The largest absolute Gasteiger partial charge is 0.490 e. The van der Waals surface area contributed by atoms with Crippen LogP contribution in [0.1, 0.15) is 28.4 Å². The molecule has 1 heterocycles. The van der Waals surface area contributed by atoms with Gasteiger partial charge in [-0.2, -0.15) is 0 Å². The first-order valence-corrected chi connectivity index (χ1v) is 9.95. The Morgan fingerprint density at radius 3 is 2.42 bits per heavy atom. The Bertz CT molecular complexity index is 955. The second-order valence-corrected chi connectivity index (χ2v) is 7.17. The highest BCUT2D eigenvalue weighted by Crippen LogP contribution is 2.38. The lowest BCUT2D eigenvalue weighted by molar-refractivity contribution is -0.140. The first-order chi connectivity index (χ1) is 15.0. The van der Waals surface area contributed by atoms with E-state index in [2.05, 4.69) is 6.58 Å². The van der Waals surface area contributed by atoms with Crippen molar-refractivity contribution >= 4 is 17.5 Å². The van der Waals surface area contributed by atoms with Gasteiger partial charge in [0.2, 0.25) is 5.78 Å². The molecular formula is C24H24FNO5. The van der Waals surface area contributed by atoms with Crippen LogP contribution in [-0.4, -0.2) is 49.2 Å². The number of rotatable bonds is 10. The summed E-state index contributed by atoms with van der Waals surface area (Å²) in [5, 5.41) is 0. The summed E-state index contributed by atoms with van der Waals surface area (Å²) in [5.74, 6) is -3.03. The molecule has 2 atom stereocenters. The van der Waals surface area contributed by atoms with E-state index in [0.29, 0.717) is 36.5 Å². The Morgan fingerprint density at radius 2 is 1.81 bits per heavy atom. The lowest BCUT2D eigenvalue weighted by Crippen LogP contribution is -2.32. The number of likely N-dealkylation sites (tertiary alicyclic amines) is 1. The zero-order valence-corrected chi connectivity index (χ0v) is 17.3. The standard InChI is InChI=1S/C24H24FNO5/c1-3-14-31-19-11-7-17(8-12-19)22(27)20-21(16-5-9-18(25)10-6-16)26(13-4-15-30-2)24(29)23(20)28/h3,5-12,20-21H,1,4,13-15H2,2H3. The predicted molar refractivity (Wildman–Crippen MR) is 112 cm³/mol. The van der Waals surface area contributed by atoms with Crippen LogP contribution in [0, 0.1) is 11.7 Å². The summed E-state index contributed by atoms with van der Waals surface area (Å²) >= 11 is 0. The maximum atomic E-state index is 13.5. The van der Waals surface area contributed by atoms with Crippen LogP contribution in [-0.2, 0) is 14.3 Å². The van der Waals surface area contributed by atoms with Crippen molar-refractivity contribution in [1.29, 1.82) is 0 Å². The number of carbonyl (C=O) groups is 3. The van der Waals surface area contributed by atoms with Crippen molar-refractivity contribution in [2.45, 2.75) is 12.5 Å². The molecule has 1 amide bonds. The maximum absolute atomic E-state index is 13.5. The molecule has 1 saturated heterocycles. The van der Waals surface area contributed by atoms with Crippen LogP contribution < -0.4 is 4.74 Å². The van der Waals surface area contributed by atoms with Crippen molar-refractivity contribution in [3.05, 3.63) is 78.1 Å². The summed E-state index contributed by atoms with van der Waals surface area (Å²) in [6.45, 7) is 4.56. The van der Waals surface area contributed by atoms with E-state index in [1.54, 1.807) is 37.5 Å². The predicted octanol–water partition coefficient (Wildman–Crippen LogP) is 3.38. The fraction of sp³-hybridized carbons (Fsp3) is 0.292. The Hall–Kier alpha value is -3.32. The van der Waals surface area contributed by atoms with E-state index in [1.165, 1.54) is 29.2 Å². The number of hydrogen-bond acceptors (Lipinski definition) is 5. The second-order valence-electron chi connectivity index (χ2n) is 7.17. The highest BCUT2D eigenvalue weighted by Gasteiger charge is 2.51. The van der Waals surface area contributed by atoms with Crippen LogP contribution in [0.2, 0.25) is 0 Å². The molecule has 0 spiro atoms. The number of carbonyl (C=O) groups excluding carboxylic acids is 3. The molecule has 0 aromatic heterocycles. The van der Waals surface area contributed by atoms with Gasteiger partial charge >= 0.3 is 0 Å². The van der Waals surface area contributed by atoms with Gasteiger partial charge in [-0.05, 0) is 48.4 Å². The van der Waals surface area contributed by atoms with Crippen LogP contribution in [0.5, 0.6) is 5.75 Å². The summed E-state index contributed by atoms with van der Waals surface area (Å²) in [4.78, 5) is 40.3. The summed E-state index contributed by atoms with van der Waals surface area (Å²) in [6, 6.07) is 11.1. The first kappa shape index (κ1) is 22.4. The van der Waals surface area contributed by atoms with Gasteiger partial charge < -0.3 is 14.4 Å². The van der Waals surface area contributed by atoms with Crippen LogP contribution in [0.4, 0.5) is 4.39 Å². The quantitative estimate of drug-likeness (QED) is 0.192. The van der Waals surface area contributed by atoms with Crippen molar-refractivity contribution in [2.75, 3.05) is 26.9 Å². The van der Waals surface area contributed by atoms with Gasteiger partial charge in [-0.25, -0.2) is 4.39 Å². The topological polar surface area (TPSA) is 72.9 Å². The fourth-order valence-corrected chi connectivity index (χ4v) is 3.69. The molecule has 0 aliphatic carbocycles. The van der Waals surface area contributed by atoms with E-state index in [9.17, 15) is 18.8 Å². The number of nitrogens with zero attached hydrogens (tertiary/aromatic N) is 1. The zero-order chi connectivity index (χ0) is 22.4. The molecule has 1 fully saturated rings. The maximum Gasteiger partial charge on any atom is 0.291 e. The van der Waals surface area contributed by atoms with Gasteiger partial charge in [0.25, 0.3) is 5.91 Å². The van der Waals surface area contributed by atoms with E-state index in [4.69, 9.17) is 9.47 Å². The number of halogens is 1. The third-order valence-corrected chi connectivity index (χ3v) is 5.15. The van der Waals surface area contributed by atoms with Crippen molar-refractivity contribution < 1.29 is 28.2 Å². The Labute approximate surface area is 180 Å². The average Bonchev–Trinajstić information content (AvgIpc) is 3.03. The van der Waals surface area contributed by atoms with Crippen LogP contribution in [0.25, 0.3) is 0 Å². The van der Waals surface area contributed by atoms with Gasteiger partial charge in [-0.15, -0.1) is 0 Å². The van der Waals surface area contributed by atoms with E-state index in [-0.39, 0.29) is 6.54 Å². The van der Waals surface area contributed by atoms with Gasteiger partial charge in [-0.1, -0.05) is 24.8 Å². The molecule has 0 radical (unpaired) electrons. The number of Topliss-reactive ketones (excluding diaryl/α,β-unsaturated/α-hetero) is 2. The van der Waals surface area contributed by atoms with Gasteiger partial charge in [0, 0.05) is 25.8 Å². The van der Waals surface area contributed by atoms with E-state index in [0.717, 1.165) is 0 Å². The van der Waals surface area contributed by atoms with Crippen molar-refractivity contribution in [2.24, 2.45) is 5.92 Å². The minimum absolute atomic E-state index is 0.249. The van der Waals surface area contributed by atoms with Gasteiger partial charge in [0.1, 0.15) is 24.1 Å². The van der Waals surface area contributed by atoms with Crippen molar-refractivity contribution in [3.8, 4) is 5.75 Å². The van der Waals surface area contributed by atoms with Crippen LogP contribution in [0.3, 0.4) is 0 Å². The third kappa shape index (κ3) is 4.88. The van der Waals surface area contributed by atoms with Gasteiger partial charge in [0.05, 0.1) is 6.04 Å². The van der Waals surface area contributed by atoms with Crippen molar-refractivity contribution in [1.82, 2.24) is 4.90 Å². The van der Waals surface area contributed by atoms with E-state index < -0.39 is 35.3 Å². The fourth-order valence-electron chi connectivity index (χ4n) is 3.69. The average molecular weight is 425 g/mol. The Morgan fingerprint density at radius 1 is 1.13 bits per heavy atom. The minimum Gasteiger partial charge on any atom is -0.490 e. The molecule has 162 valence electrons. The van der Waals surface area contributed by atoms with Gasteiger partial charge in [-0.3, -0.25) is 14.4 Å². The number of methoxy groups -OCH3 is 1. The molecule has 2 aromatic rings. The molecule has 2 unspecified atom stereocenters. The molecule has 1 aliphatic rings. The van der Waals surface area contributed by atoms with Crippen LogP contribution >= 0.6 is 0 Å². The van der Waals surface area contributed by atoms with Crippen molar-refractivity contribution in [3.63, 3.8) is 0 Å². The molecule has 0 bridgehead atoms. The van der Waals surface area contributed by atoms with Crippen LogP contribution in [0.15, 0.2) is 61.2 Å². The summed E-state index contributed by atoms with van der Waals surface area (Å²) < 4.78 is 23.9. The second kappa shape index (κ2) is 10.1. The summed E-state index contributed by atoms with van der Waals surface area (Å²) in [5.41, 5.74) is 0.824. The monoisotopic (exact) mass is 425 g/mol. The normalized spacial score (nSPS) is 18.3. The number of amides is 1. The Kier molecular flexibility index (Phi) is 7.31. The molecule has 0 saturated carbocycles. The summed E-state index contributed by atoms with van der Waals surface area (Å²) in [7, 11) is 1.54. The van der Waals surface area contributed by atoms with Gasteiger partial charge in [0.15, 0.2) is 5.78 Å². The SMILES string of the molecule is C=CCOc1ccc(C(=O)C2C(=O)C(=O)N(CCCOC)C2c2ccc(F)cc2)cc1. The molecular weight excluding hydrogens is 401 g/mol. The number of ketones is 2. The molecule has 6 nitrogen and oxygen atoms in total. The Balaban J connectivity index is 1.93. The van der Waals surface area contributed by atoms with E-state index in [1.807, 2.05) is 0 Å². The molecule has 1 aliphatic heterocycles.